The molecule has 2 aromatic rings. The van der Waals surface area contributed by atoms with Crippen molar-refractivity contribution in [2.24, 2.45) is 4.99 Å². The van der Waals surface area contributed by atoms with Gasteiger partial charge in [0.25, 0.3) is 0 Å². The van der Waals surface area contributed by atoms with Gasteiger partial charge < -0.3 is 9.08 Å². The third-order valence-electron chi connectivity index (χ3n) is 4.07. The minimum atomic E-state index is -0.246. The van der Waals surface area contributed by atoms with Crippen molar-refractivity contribution in [3.05, 3.63) is 90.0 Å². The summed E-state index contributed by atoms with van der Waals surface area (Å²) >= 11 is 5.19. The first-order valence-electron chi connectivity index (χ1n) is 9.46. The fourth-order valence-corrected chi connectivity index (χ4v) is 3.23. The molecule has 0 fully saturated rings. The fraction of sp³-hybridized carbons (Fsp3) is 0.167. The predicted molar refractivity (Wildman–Crippen MR) is 134 cm³/mol. The van der Waals surface area contributed by atoms with Crippen LogP contribution in [0, 0.1) is 0 Å². The van der Waals surface area contributed by atoms with Gasteiger partial charge in [-0.25, -0.2) is 0 Å². The molecule has 0 saturated carbocycles. The zero-order valence-corrected chi connectivity index (χ0v) is 18.9. The van der Waals surface area contributed by atoms with Gasteiger partial charge in [0, 0.05) is 43.9 Å². The Morgan fingerprint density at radius 2 is 1.70 bits per heavy atom. The molecule has 0 radical (unpaired) electrons. The summed E-state index contributed by atoms with van der Waals surface area (Å²) < 4.78 is 5.66. The Hall–Kier alpha value is -2.70. The van der Waals surface area contributed by atoms with E-state index in [9.17, 15) is 4.79 Å². The van der Waals surface area contributed by atoms with Crippen molar-refractivity contribution in [1.29, 1.82) is 0 Å². The molecular weight excluding hydrogens is 412 g/mol. The molecule has 30 heavy (non-hydrogen) atoms. The van der Waals surface area contributed by atoms with E-state index in [2.05, 4.69) is 59.9 Å². The maximum atomic E-state index is 11.2. The number of thiol groups is 1. The van der Waals surface area contributed by atoms with Crippen LogP contribution in [0.4, 0.5) is 5.69 Å². The van der Waals surface area contributed by atoms with E-state index in [1.807, 2.05) is 30.4 Å². The van der Waals surface area contributed by atoms with Crippen molar-refractivity contribution in [1.82, 2.24) is 0 Å². The lowest BCUT2D eigenvalue weighted by molar-refractivity contribution is 0.109. The third kappa shape index (κ3) is 8.76. The van der Waals surface area contributed by atoms with Gasteiger partial charge in [0.1, 0.15) is 5.75 Å². The molecule has 0 aliphatic rings. The molecular formula is C24H26N2O2S2. The van der Waals surface area contributed by atoms with Gasteiger partial charge in [0.05, 0.1) is 12.0 Å². The summed E-state index contributed by atoms with van der Waals surface area (Å²) in [6.07, 6.45) is 13.6. The van der Waals surface area contributed by atoms with Crippen LogP contribution in [-0.2, 0) is 0 Å². The lowest BCUT2D eigenvalue weighted by Crippen LogP contribution is -2.20. The molecule has 0 saturated heterocycles. The van der Waals surface area contributed by atoms with E-state index in [0.29, 0.717) is 5.56 Å². The van der Waals surface area contributed by atoms with Crippen molar-refractivity contribution in [3.63, 3.8) is 0 Å². The number of nitrogens with zero attached hydrogens (tertiary/aromatic N) is 2. The molecule has 0 amide bonds. The highest BCUT2D eigenvalue weighted by atomic mass is 32.2. The number of aliphatic imine (C=N–C) groups is 1. The van der Waals surface area contributed by atoms with Crippen LogP contribution in [0.2, 0.25) is 0 Å². The largest absolute Gasteiger partial charge is 0.426 e. The summed E-state index contributed by atoms with van der Waals surface area (Å²) in [5.74, 6) is 1.53. The van der Waals surface area contributed by atoms with Gasteiger partial charge in [-0.2, -0.15) is 0 Å². The van der Waals surface area contributed by atoms with E-state index < -0.39 is 0 Å². The van der Waals surface area contributed by atoms with Crippen LogP contribution in [0.3, 0.4) is 0 Å². The average molecular weight is 439 g/mol. The second-order valence-corrected chi connectivity index (χ2v) is 7.50. The first-order chi connectivity index (χ1) is 14.6. The van der Waals surface area contributed by atoms with Gasteiger partial charge in [-0.15, -0.1) is 12.6 Å². The quantitative estimate of drug-likeness (QED) is 0.160. The molecule has 0 bridgehead atoms. The normalized spacial score (nSPS) is 11.8. The number of hydrogen-bond acceptors (Lipinski definition) is 5. The molecule has 4 nitrogen and oxygen atoms in total. The lowest BCUT2D eigenvalue weighted by Gasteiger charge is -2.19. The van der Waals surface area contributed by atoms with Gasteiger partial charge in [-0.3, -0.25) is 9.79 Å². The monoisotopic (exact) mass is 438 g/mol. The maximum absolute atomic E-state index is 11.2. The first kappa shape index (κ1) is 23.6. The zero-order chi connectivity index (χ0) is 21.6. The minimum Gasteiger partial charge on any atom is -0.426 e. The Bertz CT molecular complexity index is 902. The second kappa shape index (κ2) is 13.5. The van der Waals surface area contributed by atoms with Crippen molar-refractivity contribution in [2.45, 2.75) is 0 Å². The number of rotatable bonds is 11. The highest BCUT2D eigenvalue weighted by Crippen LogP contribution is 2.19. The summed E-state index contributed by atoms with van der Waals surface area (Å²) in [6.45, 7) is 0.850. The van der Waals surface area contributed by atoms with Gasteiger partial charge in [-0.1, -0.05) is 42.5 Å². The first-order valence-corrected chi connectivity index (χ1v) is 10.8. The highest BCUT2D eigenvalue weighted by molar-refractivity contribution is 7.97. The lowest BCUT2D eigenvalue weighted by atomic mass is 10.2. The van der Waals surface area contributed by atoms with Crippen LogP contribution in [0.1, 0.15) is 15.9 Å². The Labute approximate surface area is 188 Å². The smallest absolute Gasteiger partial charge is 0.216 e. The second-order valence-electron chi connectivity index (χ2n) is 6.28. The van der Waals surface area contributed by atoms with Crippen molar-refractivity contribution < 1.29 is 8.98 Å². The molecule has 6 heteroatoms. The fourth-order valence-electron chi connectivity index (χ4n) is 2.40. The zero-order valence-electron chi connectivity index (χ0n) is 17.1. The summed E-state index contributed by atoms with van der Waals surface area (Å²) in [5, 5.41) is -0.246. The molecule has 2 rings (SSSR count). The number of allylic oxidation sites excluding steroid dienone is 5. The summed E-state index contributed by atoms with van der Waals surface area (Å²) in [6, 6.07) is 15.4. The molecule has 0 aromatic heterocycles. The number of carbonyl (C=O) groups excluding carboxylic acids is 1. The Morgan fingerprint density at radius 3 is 2.37 bits per heavy atom. The van der Waals surface area contributed by atoms with Crippen LogP contribution in [0.5, 0.6) is 5.75 Å². The van der Waals surface area contributed by atoms with Crippen LogP contribution in [0.15, 0.2) is 83.9 Å². The topological polar surface area (TPSA) is 41.9 Å². The van der Waals surface area contributed by atoms with Gasteiger partial charge in [-0.05, 0) is 48.0 Å². The van der Waals surface area contributed by atoms with E-state index in [1.165, 1.54) is 12.0 Å². The molecule has 0 spiro atoms. The highest BCUT2D eigenvalue weighted by Gasteiger charge is 2.03. The van der Waals surface area contributed by atoms with E-state index >= 15 is 0 Å². The van der Waals surface area contributed by atoms with Gasteiger partial charge >= 0.3 is 0 Å². The van der Waals surface area contributed by atoms with Crippen molar-refractivity contribution in [2.75, 3.05) is 31.3 Å². The van der Waals surface area contributed by atoms with Crippen LogP contribution in [0.25, 0.3) is 6.08 Å². The van der Waals surface area contributed by atoms with Crippen LogP contribution in [-0.4, -0.2) is 37.7 Å². The third-order valence-corrected chi connectivity index (χ3v) is 4.99. The number of hydrogen-bond donors (Lipinski definition) is 1. The summed E-state index contributed by atoms with van der Waals surface area (Å²) in [7, 11) is 3.81. The Balaban J connectivity index is 1.73. The number of carbonyl (C=O) groups is 1. The molecule has 0 aliphatic carbocycles. The molecule has 0 unspecified atom stereocenters. The molecule has 0 atom stereocenters. The van der Waals surface area contributed by atoms with Gasteiger partial charge in [0.2, 0.25) is 5.12 Å². The van der Waals surface area contributed by atoms with Crippen LogP contribution < -0.4 is 9.08 Å². The molecule has 2 aromatic carbocycles. The van der Waals surface area contributed by atoms with Crippen LogP contribution >= 0.6 is 24.7 Å². The summed E-state index contributed by atoms with van der Waals surface area (Å²) in [4.78, 5) is 17.2. The SMILES string of the molecule is CN=C\C=C/C=C/C=C/c1ccc(N(C)CCSOc2ccc(C(=O)S)cc2)cc1. The minimum absolute atomic E-state index is 0.246. The number of anilines is 1. The Kier molecular flexibility index (Phi) is 10.6. The van der Waals surface area contributed by atoms with E-state index in [1.54, 1.807) is 37.5 Å². The molecule has 156 valence electrons. The number of benzene rings is 2. The maximum Gasteiger partial charge on any atom is 0.216 e. The van der Waals surface area contributed by atoms with E-state index in [4.69, 9.17) is 4.18 Å². The van der Waals surface area contributed by atoms with Crippen molar-refractivity contribution >= 4 is 47.8 Å². The summed E-state index contributed by atoms with van der Waals surface area (Å²) in [5.41, 5.74) is 2.86. The predicted octanol–water partition coefficient (Wildman–Crippen LogP) is 5.75. The molecule has 0 heterocycles. The van der Waals surface area contributed by atoms with E-state index in [-0.39, 0.29) is 5.12 Å². The van der Waals surface area contributed by atoms with E-state index in [0.717, 1.165) is 29.3 Å². The average Bonchev–Trinajstić information content (AvgIpc) is 2.76. The molecule has 0 aliphatic heterocycles. The van der Waals surface area contributed by atoms with Crippen molar-refractivity contribution in [3.8, 4) is 5.75 Å². The Morgan fingerprint density at radius 1 is 1.03 bits per heavy atom. The van der Waals surface area contributed by atoms with Gasteiger partial charge in [0.15, 0.2) is 0 Å². The standard InChI is InChI=1S/C24H26N2O2S2/c1-25-17-7-5-3-4-6-8-20-9-13-22(14-10-20)26(2)18-19-30-28-23-15-11-21(12-16-23)24(27)29/h3-17H,18-19H2,1-2H3,(H,27,29)/b4-3+,7-5-,8-6+,25-17?. The molecule has 0 N–H and O–H groups in total.